The van der Waals surface area contributed by atoms with Crippen molar-refractivity contribution in [3.63, 3.8) is 0 Å². The minimum absolute atomic E-state index is 0.0147. The zero-order valence-electron chi connectivity index (χ0n) is 11.8. The van der Waals surface area contributed by atoms with Crippen molar-refractivity contribution in [1.29, 1.82) is 0 Å². The number of hydrogen-bond acceptors (Lipinski definition) is 3. The number of sulfonamides is 1. The third-order valence-electron chi connectivity index (χ3n) is 3.76. The first-order valence-electron chi connectivity index (χ1n) is 7.28. The summed E-state index contributed by atoms with van der Waals surface area (Å²) in [6, 6.07) is 7.12. The van der Waals surface area contributed by atoms with Gasteiger partial charge in [-0.05, 0) is 24.0 Å². The molecule has 5 heteroatoms. The van der Waals surface area contributed by atoms with Crippen LogP contribution in [0, 0.1) is 0 Å². The Balaban J connectivity index is 2.04. The lowest BCUT2D eigenvalue weighted by molar-refractivity contribution is 0.282. The lowest BCUT2D eigenvalue weighted by Crippen LogP contribution is -2.34. The van der Waals surface area contributed by atoms with Crippen LogP contribution in [0.5, 0.6) is 0 Å². The van der Waals surface area contributed by atoms with Crippen LogP contribution in [0.4, 0.5) is 0 Å². The maximum Gasteiger partial charge on any atom is 0.218 e. The summed E-state index contributed by atoms with van der Waals surface area (Å²) >= 11 is 0. The summed E-state index contributed by atoms with van der Waals surface area (Å²) in [7, 11) is -3.22. The number of hydrogen-bond donors (Lipinski definition) is 1. The fourth-order valence-corrected chi connectivity index (χ4v) is 4.15. The lowest BCUT2D eigenvalue weighted by atomic mass is 10.1. The second-order valence-electron chi connectivity index (χ2n) is 5.40. The molecule has 0 atom stereocenters. The van der Waals surface area contributed by atoms with Crippen LogP contribution in [0.3, 0.4) is 0 Å². The number of aliphatic hydroxyl groups excluding tert-OH is 1. The monoisotopic (exact) mass is 297 g/mol. The van der Waals surface area contributed by atoms with E-state index in [-0.39, 0.29) is 12.4 Å². The second-order valence-corrected chi connectivity index (χ2v) is 7.37. The third-order valence-corrected chi connectivity index (χ3v) is 5.61. The smallest absolute Gasteiger partial charge is 0.218 e. The molecule has 1 aromatic carbocycles. The molecule has 0 amide bonds. The quantitative estimate of drug-likeness (QED) is 0.927. The van der Waals surface area contributed by atoms with E-state index in [1.165, 1.54) is 6.42 Å². The molecule has 2 rings (SSSR count). The maximum atomic E-state index is 12.5. The van der Waals surface area contributed by atoms with Gasteiger partial charge in [0.2, 0.25) is 10.0 Å². The standard InChI is InChI=1S/C15H23NO3S/c17-12-14-6-8-15(9-7-14)13-20(18,19)16-10-4-2-1-3-5-11-16/h6-9,17H,1-5,10-13H2. The summed E-state index contributed by atoms with van der Waals surface area (Å²) in [5.74, 6) is 0.0543. The second kappa shape index (κ2) is 7.20. The van der Waals surface area contributed by atoms with Crippen LogP contribution in [-0.2, 0) is 22.4 Å². The number of benzene rings is 1. The number of rotatable bonds is 4. The molecular weight excluding hydrogens is 274 g/mol. The molecule has 0 aliphatic carbocycles. The van der Waals surface area contributed by atoms with Crippen molar-refractivity contribution >= 4 is 10.0 Å². The Morgan fingerprint density at radius 2 is 1.40 bits per heavy atom. The molecule has 0 bridgehead atoms. The van der Waals surface area contributed by atoms with Crippen molar-refractivity contribution in [2.45, 2.75) is 44.5 Å². The van der Waals surface area contributed by atoms with Gasteiger partial charge < -0.3 is 5.11 Å². The SMILES string of the molecule is O=S(=O)(Cc1ccc(CO)cc1)N1CCCCCCC1. The van der Waals surface area contributed by atoms with Crippen molar-refractivity contribution in [2.75, 3.05) is 13.1 Å². The molecule has 1 aromatic rings. The molecule has 1 fully saturated rings. The highest BCUT2D eigenvalue weighted by Gasteiger charge is 2.22. The Bertz CT molecular complexity index is 502. The molecule has 4 nitrogen and oxygen atoms in total. The van der Waals surface area contributed by atoms with E-state index in [9.17, 15) is 8.42 Å². The van der Waals surface area contributed by atoms with Crippen molar-refractivity contribution in [1.82, 2.24) is 4.31 Å². The molecule has 1 saturated heterocycles. The fourth-order valence-electron chi connectivity index (χ4n) is 2.54. The summed E-state index contributed by atoms with van der Waals surface area (Å²) in [6.45, 7) is 1.28. The Labute approximate surface area is 121 Å². The van der Waals surface area contributed by atoms with Gasteiger partial charge in [0.05, 0.1) is 12.4 Å². The fraction of sp³-hybridized carbons (Fsp3) is 0.600. The average Bonchev–Trinajstić information content (AvgIpc) is 2.38. The average molecular weight is 297 g/mol. The van der Waals surface area contributed by atoms with Gasteiger partial charge in [0.15, 0.2) is 0 Å². The van der Waals surface area contributed by atoms with Crippen molar-refractivity contribution in [2.24, 2.45) is 0 Å². The van der Waals surface area contributed by atoms with Crippen molar-refractivity contribution < 1.29 is 13.5 Å². The first kappa shape index (κ1) is 15.5. The molecule has 1 heterocycles. The molecule has 0 unspecified atom stereocenters. The molecule has 0 saturated carbocycles. The van der Waals surface area contributed by atoms with Gasteiger partial charge >= 0.3 is 0 Å². The molecule has 1 aliphatic heterocycles. The summed E-state index contributed by atoms with van der Waals surface area (Å²) < 4.78 is 26.5. The minimum Gasteiger partial charge on any atom is -0.392 e. The molecule has 20 heavy (non-hydrogen) atoms. The van der Waals surface area contributed by atoms with Gasteiger partial charge in [-0.1, -0.05) is 43.5 Å². The summed E-state index contributed by atoms with van der Waals surface area (Å²) in [6.07, 6.45) is 5.39. The first-order valence-corrected chi connectivity index (χ1v) is 8.89. The zero-order chi connectivity index (χ0) is 14.4. The largest absolute Gasteiger partial charge is 0.392 e. The highest BCUT2D eigenvalue weighted by molar-refractivity contribution is 7.88. The van der Waals surface area contributed by atoms with Crippen molar-refractivity contribution in [3.8, 4) is 0 Å². The Morgan fingerprint density at radius 1 is 0.900 bits per heavy atom. The summed E-state index contributed by atoms with van der Waals surface area (Å²) in [5.41, 5.74) is 1.58. The predicted octanol–water partition coefficient (Wildman–Crippen LogP) is 2.27. The van der Waals surface area contributed by atoms with Crippen LogP contribution in [-0.4, -0.2) is 30.9 Å². The molecule has 1 aliphatic rings. The predicted molar refractivity (Wildman–Crippen MR) is 79.6 cm³/mol. The van der Waals surface area contributed by atoms with E-state index in [4.69, 9.17) is 5.11 Å². The zero-order valence-corrected chi connectivity index (χ0v) is 12.6. The molecule has 0 radical (unpaired) electrons. The van der Waals surface area contributed by atoms with E-state index >= 15 is 0 Å². The summed E-state index contributed by atoms with van der Waals surface area (Å²) in [4.78, 5) is 0. The number of aliphatic hydroxyl groups is 1. The Morgan fingerprint density at radius 3 is 1.95 bits per heavy atom. The van der Waals surface area contributed by atoms with Crippen LogP contribution in [0.15, 0.2) is 24.3 Å². The van der Waals surface area contributed by atoms with E-state index in [1.54, 1.807) is 28.6 Å². The highest BCUT2D eigenvalue weighted by atomic mass is 32.2. The van der Waals surface area contributed by atoms with Gasteiger partial charge in [-0.25, -0.2) is 12.7 Å². The molecule has 0 spiro atoms. The van der Waals surface area contributed by atoms with Gasteiger partial charge in [-0.3, -0.25) is 0 Å². The van der Waals surface area contributed by atoms with Crippen LogP contribution in [0.2, 0.25) is 0 Å². The van der Waals surface area contributed by atoms with Crippen LogP contribution in [0.25, 0.3) is 0 Å². The minimum atomic E-state index is -3.22. The number of nitrogens with zero attached hydrogens (tertiary/aromatic N) is 1. The van der Waals surface area contributed by atoms with Crippen LogP contribution < -0.4 is 0 Å². The molecular formula is C15H23NO3S. The van der Waals surface area contributed by atoms with E-state index in [0.717, 1.165) is 36.8 Å². The van der Waals surface area contributed by atoms with Gasteiger partial charge in [0.25, 0.3) is 0 Å². The van der Waals surface area contributed by atoms with Gasteiger partial charge in [-0.2, -0.15) is 0 Å². The topological polar surface area (TPSA) is 57.6 Å². The van der Waals surface area contributed by atoms with E-state index in [2.05, 4.69) is 0 Å². The Kier molecular flexibility index (Phi) is 5.57. The van der Waals surface area contributed by atoms with Crippen LogP contribution >= 0.6 is 0 Å². The van der Waals surface area contributed by atoms with Crippen LogP contribution in [0.1, 0.15) is 43.2 Å². The summed E-state index contributed by atoms with van der Waals surface area (Å²) in [5, 5.41) is 9.00. The molecule has 0 aromatic heterocycles. The highest BCUT2D eigenvalue weighted by Crippen LogP contribution is 2.17. The van der Waals surface area contributed by atoms with E-state index < -0.39 is 10.0 Å². The van der Waals surface area contributed by atoms with E-state index in [1.807, 2.05) is 0 Å². The molecule has 112 valence electrons. The molecule has 1 N–H and O–H groups in total. The Hall–Kier alpha value is -0.910. The van der Waals surface area contributed by atoms with Crippen molar-refractivity contribution in [3.05, 3.63) is 35.4 Å². The van der Waals surface area contributed by atoms with Gasteiger partial charge in [0, 0.05) is 13.1 Å². The first-order chi connectivity index (χ1) is 9.62. The van der Waals surface area contributed by atoms with Gasteiger partial charge in [-0.15, -0.1) is 0 Å². The maximum absolute atomic E-state index is 12.5. The third kappa shape index (κ3) is 4.30. The normalized spacial score (nSPS) is 18.4. The lowest BCUT2D eigenvalue weighted by Gasteiger charge is -2.24. The van der Waals surface area contributed by atoms with Gasteiger partial charge in [0.1, 0.15) is 0 Å². The van der Waals surface area contributed by atoms with E-state index in [0.29, 0.717) is 13.1 Å².